The molecule has 0 aliphatic heterocycles. The van der Waals surface area contributed by atoms with Gasteiger partial charge in [-0.3, -0.25) is 9.59 Å². The van der Waals surface area contributed by atoms with Gasteiger partial charge in [-0.05, 0) is 36.8 Å². The summed E-state index contributed by atoms with van der Waals surface area (Å²) in [6.45, 7) is 1.76. The van der Waals surface area contributed by atoms with E-state index >= 15 is 0 Å². The third kappa shape index (κ3) is 4.87. The van der Waals surface area contributed by atoms with Gasteiger partial charge in [0.15, 0.2) is 9.84 Å². The number of halogens is 1. The van der Waals surface area contributed by atoms with Gasteiger partial charge in [0.1, 0.15) is 0 Å². The second-order valence-corrected chi connectivity index (χ2v) is 8.65. The Kier molecular flexibility index (Phi) is 6.62. The molecule has 0 fully saturated rings. The molecule has 0 heterocycles. The number of rotatable bonds is 6. The minimum Gasteiger partial charge on any atom is -0.345 e. The van der Waals surface area contributed by atoms with Crippen LogP contribution in [0.1, 0.15) is 34.1 Å². The fraction of sp³-hybridized carbons (Fsp3) is 0.263. The number of nitrogens with one attached hydrogen (secondary N) is 1. The average molecular weight is 409 g/mol. The third-order valence-electron chi connectivity index (χ3n) is 3.80. The Balaban J connectivity index is 2.37. The van der Waals surface area contributed by atoms with E-state index in [1.165, 1.54) is 29.2 Å². The van der Waals surface area contributed by atoms with Crippen LogP contribution in [0.3, 0.4) is 0 Å². The van der Waals surface area contributed by atoms with Gasteiger partial charge in [-0.1, -0.05) is 30.7 Å². The van der Waals surface area contributed by atoms with Crippen LogP contribution in [0.4, 0.5) is 5.69 Å². The summed E-state index contributed by atoms with van der Waals surface area (Å²) in [5.41, 5.74) is 0.644. The Morgan fingerprint density at radius 3 is 2.37 bits per heavy atom. The maximum absolute atomic E-state index is 12.7. The van der Waals surface area contributed by atoms with Gasteiger partial charge in [0.25, 0.3) is 11.8 Å². The van der Waals surface area contributed by atoms with E-state index < -0.39 is 15.7 Å². The first-order chi connectivity index (χ1) is 12.7. The van der Waals surface area contributed by atoms with Gasteiger partial charge in [-0.2, -0.15) is 0 Å². The van der Waals surface area contributed by atoms with Crippen molar-refractivity contribution in [3.05, 3.63) is 58.6 Å². The summed E-state index contributed by atoms with van der Waals surface area (Å²) >= 11 is 6.07. The highest BCUT2D eigenvalue weighted by Crippen LogP contribution is 2.24. The number of amides is 2. The minimum atomic E-state index is -3.56. The van der Waals surface area contributed by atoms with Crippen LogP contribution in [0.15, 0.2) is 47.4 Å². The van der Waals surface area contributed by atoms with Crippen molar-refractivity contribution in [3.8, 4) is 0 Å². The monoisotopic (exact) mass is 408 g/mol. The van der Waals surface area contributed by atoms with Crippen LogP contribution in [0, 0.1) is 0 Å². The Bertz CT molecular complexity index is 971. The molecular formula is C19H21ClN2O4S. The van der Waals surface area contributed by atoms with Gasteiger partial charge < -0.3 is 10.2 Å². The van der Waals surface area contributed by atoms with Crippen molar-refractivity contribution in [2.24, 2.45) is 0 Å². The predicted octanol–water partition coefficient (Wildman–Crippen LogP) is 3.48. The van der Waals surface area contributed by atoms with Gasteiger partial charge in [-0.15, -0.1) is 0 Å². The summed E-state index contributed by atoms with van der Waals surface area (Å²) in [7, 11) is -0.369. The smallest absolute Gasteiger partial charge is 0.256 e. The summed E-state index contributed by atoms with van der Waals surface area (Å²) in [6.07, 6.45) is 0.450. The lowest BCUT2D eigenvalue weighted by atomic mass is 10.1. The van der Waals surface area contributed by atoms with E-state index in [0.717, 1.165) is 0 Å². The van der Waals surface area contributed by atoms with E-state index in [0.29, 0.717) is 12.1 Å². The molecule has 6 nitrogen and oxygen atoms in total. The number of benzene rings is 2. The van der Waals surface area contributed by atoms with Gasteiger partial charge in [0.05, 0.1) is 26.8 Å². The molecule has 2 amide bonds. The summed E-state index contributed by atoms with van der Waals surface area (Å²) < 4.78 is 24.9. The molecule has 2 aromatic carbocycles. The zero-order valence-electron chi connectivity index (χ0n) is 15.3. The number of hydrogen-bond acceptors (Lipinski definition) is 4. The van der Waals surface area contributed by atoms with Crippen LogP contribution in [-0.4, -0.2) is 45.0 Å². The maximum atomic E-state index is 12.7. The normalized spacial score (nSPS) is 11.1. The quantitative estimate of drug-likeness (QED) is 0.793. The first-order valence-electron chi connectivity index (χ1n) is 8.31. The highest BCUT2D eigenvalue weighted by atomic mass is 35.5. The van der Waals surface area contributed by atoms with Crippen molar-refractivity contribution < 1.29 is 18.0 Å². The fourth-order valence-electron chi connectivity index (χ4n) is 2.51. The van der Waals surface area contributed by atoms with Crippen molar-refractivity contribution in [1.29, 1.82) is 0 Å². The molecule has 27 heavy (non-hydrogen) atoms. The van der Waals surface area contributed by atoms with E-state index in [2.05, 4.69) is 5.32 Å². The Morgan fingerprint density at radius 2 is 1.74 bits per heavy atom. The molecule has 2 aromatic rings. The lowest BCUT2D eigenvalue weighted by Gasteiger charge is -2.14. The second-order valence-electron chi connectivity index (χ2n) is 6.16. The minimum absolute atomic E-state index is 0.0112. The predicted molar refractivity (Wildman–Crippen MR) is 106 cm³/mol. The van der Waals surface area contributed by atoms with Crippen LogP contribution < -0.4 is 5.32 Å². The summed E-state index contributed by atoms with van der Waals surface area (Å²) in [4.78, 5) is 26.2. The largest absolute Gasteiger partial charge is 0.345 e. The van der Waals surface area contributed by atoms with E-state index in [9.17, 15) is 18.0 Å². The lowest BCUT2D eigenvalue weighted by molar-refractivity contribution is 0.0827. The van der Waals surface area contributed by atoms with Gasteiger partial charge in [-0.25, -0.2) is 8.42 Å². The maximum Gasteiger partial charge on any atom is 0.256 e. The molecule has 8 heteroatoms. The van der Waals surface area contributed by atoms with Crippen molar-refractivity contribution in [3.63, 3.8) is 0 Å². The van der Waals surface area contributed by atoms with Crippen molar-refractivity contribution >= 4 is 38.9 Å². The molecule has 0 unspecified atom stereocenters. The van der Waals surface area contributed by atoms with E-state index in [1.54, 1.807) is 39.2 Å². The molecule has 0 spiro atoms. The van der Waals surface area contributed by atoms with Crippen molar-refractivity contribution in [2.75, 3.05) is 25.2 Å². The van der Waals surface area contributed by atoms with E-state index in [1.807, 2.05) is 0 Å². The molecule has 0 saturated carbocycles. The fourth-order valence-corrected chi connectivity index (χ4v) is 4.25. The molecule has 0 aromatic heterocycles. The zero-order valence-corrected chi connectivity index (χ0v) is 16.9. The summed E-state index contributed by atoms with van der Waals surface area (Å²) in [5, 5.41) is 2.90. The van der Waals surface area contributed by atoms with E-state index in [-0.39, 0.29) is 32.7 Å². The van der Waals surface area contributed by atoms with Gasteiger partial charge in [0, 0.05) is 19.8 Å². The number of anilines is 1. The van der Waals surface area contributed by atoms with Crippen molar-refractivity contribution in [2.45, 2.75) is 18.2 Å². The number of nitrogens with zero attached hydrogens (tertiary/aromatic N) is 1. The van der Waals surface area contributed by atoms with Gasteiger partial charge >= 0.3 is 0 Å². The molecule has 0 aliphatic carbocycles. The first kappa shape index (κ1) is 20.9. The number of sulfone groups is 1. The topological polar surface area (TPSA) is 83.5 Å². The molecule has 1 N–H and O–H groups in total. The Morgan fingerprint density at radius 1 is 1.07 bits per heavy atom. The van der Waals surface area contributed by atoms with Crippen LogP contribution in [-0.2, 0) is 9.84 Å². The molecule has 0 bridgehead atoms. The Hall–Kier alpha value is -2.38. The molecule has 0 radical (unpaired) electrons. The van der Waals surface area contributed by atoms with Crippen LogP contribution in [0.2, 0.25) is 5.02 Å². The van der Waals surface area contributed by atoms with Crippen molar-refractivity contribution in [1.82, 2.24) is 4.90 Å². The number of hydrogen-bond donors (Lipinski definition) is 1. The number of carbonyl (C=O) groups is 2. The second kappa shape index (κ2) is 8.54. The third-order valence-corrected chi connectivity index (χ3v) is 6.10. The SMILES string of the molecule is CCCS(=O)(=O)c1ccccc1C(=O)Nc1ccc(Cl)c(C(=O)N(C)C)c1. The standard InChI is InChI=1S/C19H21ClN2O4S/c1-4-11-27(25,26)17-8-6-5-7-14(17)18(23)21-13-9-10-16(20)15(12-13)19(24)22(2)3/h5-10,12H,4,11H2,1-3H3,(H,21,23). The van der Waals surface area contributed by atoms with Crippen LogP contribution >= 0.6 is 11.6 Å². The Labute approximate surface area is 164 Å². The van der Waals surface area contributed by atoms with Crippen LogP contribution in [0.25, 0.3) is 0 Å². The highest BCUT2D eigenvalue weighted by molar-refractivity contribution is 7.91. The lowest BCUT2D eigenvalue weighted by Crippen LogP contribution is -2.22. The number of carbonyl (C=O) groups excluding carboxylic acids is 2. The molecule has 0 saturated heterocycles. The molecule has 144 valence electrons. The molecule has 2 rings (SSSR count). The molecule has 0 atom stereocenters. The van der Waals surface area contributed by atoms with Gasteiger partial charge in [0.2, 0.25) is 0 Å². The molecule has 0 aliphatic rings. The summed E-state index contributed by atoms with van der Waals surface area (Å²) in [5.74, 6) is -0.919. The van der Waals surface area contributed by atoms with Crippen LogP contribution in [0.5, 0.6) is 0 Å². The van der Waals surface area contributed by atoms with E-state index in [4.69, 9.17) is 11.6 Å². The molecular weight excluding hydrogens is 388 g/mol. The average Bonchev–Trinajstić information content (AvgIpc) is 2.62. The zero-order chi connectivity index (χ0) is 20.2. The first-order valence-corrected chi connectivity index (χ1v) is 10.3. The highest BCUT2D eigenvalue weighted by Gasteiger charge is 2.22. The summed E-state index contributed by atoms with van der Waals surface area (Å²) in [6, 6.07) is 10.6.